The second-order valence-corrected chi connectivity index (χ2v) is 8.92. The van der Waals surface area contributed by atoms with Crippen LogP contribution in [0.5, 0.6) is 5.75 Å². The smallest absolute Gasteiger partial charge is 0.433 e. The van der Waals surface area contributed by atoms with E-state index < -0.39 is 11.9 Å². The summed E-state index contributed by atoms with van der Waals surface area (Å²) in [6.07, 6.45) is -1.64. The van der Waals surface area contributed by atoms with E-state index in [4.69, 9.17) is 4.74 Å². The number of likely N-dealkylation sites (tertiary alicyclic amines) is 1. The maximum atomic E-state index is 13.5. The second-order valence-electron chi connectivity index (χ2n) is 8.92. The Kier molecular flexibility index (Phi) is 6.69. The van der Waals surface area contributed by atoms with Gasteiger partial charge in [-0.1, -0.05) is 36.4 Å². The number of carbonyl (C=O) groups is 1. The first-order valence-corrected chi connectivity index (χ1v) is 12.0. The third-order valence-corrected chi connectivity index (χ3v) is 6.54. The number of ether oxygens (including phenoxy) is 1. The van der Waals surface area contributed by atoms with Gasteiger partial charge in [0.15, 0.2) is 0 Å². The van der Waals surface area contributed by atoms with E-state index in [0.29, 0.717) is 54.0 Å². The van der Waals surface area contributed by atoms with Crippen LogP contribution in [0.15, 0.2) is 72.9 Å². The number of nitrogens with zero attached hydrogens (tertiary/aromatic N) is 3. The molecule has 0 bridgehead atoms. The SMILES string of the molecule is COc1cccc(C(=O)N2CCC(Nc3ncc(-c4ccccc4)c4nc(C(F)(F)F)ccc34)CC2)c1. The van der Waals surface area contributed by atoms with E-state index in [2.05, 4.69) is 15.3 Å². The molecule has 0 unspecified atom stereocenters. The maximum absolute atomic E-state index is 13.5. The van der Waals surface area contributed by atoms with Crippen molar-refractivity contribution in [2.75, 3.05) is 25.5 Å². The van der Waals surface area contributed by atoms with E-state index >= 15 is 0 Å². The average molecular weight is 507 g/mol. The van der Waals surface area contributed by atoms with Crippen LogP contribution in [0, 0.1) is 0 Å². The number of carbonyl (C=O) groups excluding carboxylic acids is 1. The summed E-state index contributed by atoms with van der Waals surface area (Å²) >= 11 is 0. The fraction of sp³-hybridized carbons (Fsp3) is 0.250. The molecule has 6 nitrogen and oxygen atoms in total. The Balaban J connectivity index is 1.37. The van der Waals surface area contributed by atoms with Crippen LogP contribution < -0.4 is 10.1 Å². The summed E-state index contributed by atoms with van der Waals surface area (Å²) in [6, 6.07) is 18.6. The lowest BCUT2D eigenvalue weighted by molar-refractivity contribution is -0.140. The molecule has 1 fully saturated rings. The molecule has 0 radical (unpaired) electrons. The van der Waals surface area contributed by atoms with Gasteiger partial charge in [0.1, 0.15) is 17.3 Å². The number of rotatable bonds is 5. The molecule has 0 saturated carbocycles. The van der Waals surface area contributed by atoms with E-state index in [1.807, 2.05) is 30.3 Å². The molecule has 5 rings (SSSR count). The number of alkyl halides is 3. The molecule has 1 aliphatic rings. The number of fused-ring (bicyclic) bond motifs is 1. The van der Waals surface area contributed by atoms with E-state index in [1.165, 1.54) is 6.07 Å². The third-order valence-electron chi connectivity index (χ3n) is 6.54. The van der Waals surface area contributed by atoms with Gasteiger partial charge in [-0.05, 0) is 48.7 Å². The maximum Gasteiger partial charge on any atom is 0.433 e. The zero-order chi connectivity index (χ0) is 26.0. The van der Waals surface area contributed by atoms with Gasteiger partial charge in [-0.15, -0.1) is 0 Å². The Morgan fingerprint density at radius 3 is 2.49 bits per heavy atom. The number of hydrogen-bond donors (Lipinski definition) is 1. The molecule has 190 valence electrons. The summed E-state index contributed by atoms with van der Waals surface area (Å²) in [5, 5.41) is 3.91. The number of benzene rings is 2. The first-order chi connectivity index (χ1) is 17.8. The summed E-state index contributed by atoms with van der Waals surface area (Å²) in [4.78, 5) is 23.3. The topological polar surface area (TPSA) is 67.3 Å². The van der Waals surface area contributed by atoms with E-state index in [9.17, 15) is 18.0 Å². The van der Waals surface area contributed by atoms with Crippen LogP contribution in [0.3, 0.4) is 0 Å². The van der Waals surface area contributed by atoms with Crippen LogP contribution in [0.1, 0.15) is 28.9 Å². The number of pyridine rings is 2. The molecule has 0 atom stereocenters. The molecule has 3 heterocycles. The molecule has 1 aliphatic heterocycles. The predicted octanol–water partition coefficient (Wildman–Crippen LogP) is 6.04. The van der Waals surface area contributed by atoms with Gasteiger partial charge in [-0.3, -0.25) is 4.79 Å². The highest BCUT2D eigenvalue weighted by Crippen LogP contribution is 2.35. The highest BCUT2D eigenvalue weighted by atomic mass is 19.4. The van der Waals surface area contributed by atoms with Crippen molar-refractivity contribution in [1.29, 1.82) is 0 Å². The van der Waals surface area contributed by atoms with Gasteiger partial charge in [0.25, 0.3) is 5.91 Å². The minimum atomic E-state index is -4.55. The lowest BCUT2D eigenvalue weighted by Gasteiger charge is -2.33. The highest BCUT2D eigenvalue weighted by Gasteiger charge is 2.33. The van der Waals surface area contributed by atoms with Crippen molar-refractivity contribution >= 4 is 22.6 Å². The number of halogens is 3. The minimum Gasteiger partial charge on any atom is -0.497 e. The van der Waals surface area contributed by atoms with Crippen molar-refractivity contribution in [3.8, 4) is 16.9 Å². The van der Waals surface area contributed by atoms with Crippen molar-refractivity contribution in [2.24, 2.45) is 0 Å². The first kappa shape index (κ1) is 24.5. The van der Waals surface area contributed by atoms with Crippen LogP contribution >= 0.6 is 0 Å². The van der Waals surface area contributed by atoms with Gasteiger partial charge in [0, 0.05) is 41.8 Å². The van der Waals surface area contributed by atoms with Crippen molar-refractivity contribution < 1.29 is 22.7 Å². The van der Waals surface area contributed by atoms with Crippen molar-refractivity contribution in [3.05, 3.63) is 84.2 Å². The zero-order valence-corrected chi connectivity index (χ0v) is 20.1. The van der Waals surface area contributed by atoms with Crippen LogP contribution in [-0.4, -0.2) is 47.0 Å². The fourth-order valence-electron chi connectivity index (χ4n) is 4.58. The Bertz CT molecular complexity index is 1420. The monoisotopic (exact) mass is 506 g/mol. The Morgan fingerprint density at radius 2 is 1.78 bits per heavy atom. The van der Waals surface area contributed by atoms with Crippen LogP contribution in [0.2, 0.25) is 0 Å². The molecule has 9 heteroatoms. The number of piperidine rings is 1. The summed E-state index contributed by atoms with van der Waals surface area (Å²) < 4.78 is 45.6. The normalized spacial score (nSPS) is 14.5. The molecule has 4 aromatic rings. The fourth-order valence-corrected chi connectivity index (χ4v) is 4.58. The summed E-state index contributed by atoms with van der Waals surface area (Å²) in [5.41, 5.74) is 1.14. The van der Waals surface area contributed by atoms with Gasteiger partial charge >= 0.3 is 6.18 Å². The molecule has 0 aliphatic carbocycles. The van der Waals surface area contributed by atoms with Crippen LogP contribution in [0.4, 0.5) is 19.0 Å². The van der Waals surface area contributed by atoms with Crippen molar-refractivity contribution in [3.63, 3.8) is 0 Å². The van der Waals surface area contributed by atoms with Gasteiger partial charge in [-0.25, -0.2) is 9.97 Å². The quantitative estimate of drug-likeness (QED) is 0.358. The summed E-state index contributed by atoms with van der Waals surface area (Å²) in [6.45, 7) is 1.09. The molecule has 2 aromatic carbocycles. The van der Waals surface area contributed by atoms with E-state index in [0.717, 1.165) is 11.6 Å². The summed E-state index contributed by atoms with van der Waals surface area (Å²) in [5.74, 6) is 1.05. The Morgan fingerprint density at radius 1 is 1.03 bits per heavy atom. The van der Waals surface area contributed by atoms with Crippen molar-refractivity contribution in [1.82, 2.24) is 14.9 Å². The lowest BCUT2D eigenvalue weighted by atomic mass is 10.0. The number of nitrogens with one attached hydrogen (secondary N) is 1. The molecule has 1 saturated heterocycles. The zero-order valence-electron chi connectivity index (χ0n) is 20.1. The van der Waals surface area contributed by atoms with Gasteiger partial charge in [0.2, 0.25) is 0 Å². The first-order valence-electron chi connectivity index (χ1n) is 12.0. The molecule has 2 aromatic heterocycles. The van der Waals surface area contributed by atoms with E-state index in [1.54, 1.807) is 42.5 Å². The Labute approximate surface area is 212 Å². The molecular formula is C28H25F3N4O2. The summed E-state index contributed by atoms with van der Waals surface area (Å²) in [7, 11) is 1.56. The third kappa shape index (κ3) is 5.21. The molecule has 1 amide bonds. The van der Waals surface area contributed by atoms with Gasteiger partial charge in [-0.2, -0.15) is 13.2 Å². The molecular weight excluding hydrogens is 481 g/mol. The number of amides is 1. The highest BCUT2D eigenvalue weighted by molar-refractivity contribution is 5.99. The van der Waals surface area contributed by atoms with Crippen LogP contribution in [-0.2, 0) is 6.18 Å². The molecule has 0 spiro atoms. The number of anilines is 1. The van der Waals surface area contributed by atoms with Gasteiger partial charge < -0.3 is 15.0 Å². The van der Waals surface area contributed by atoms with E-state index in [-0.39, 0.29) is 17.5 Å². The number of aromatic nitrogens is 2. The van der Waals surface area contributed by atoms with Gasteiger partial charge in [0.05, 0.1) is 12.6 Å². The minimum absolute atomic E-state index is 0.00919. The molecule has 37 heavy (non-hydrogen) atoms. The number of methoxy groups -OCH3 is 1. The van der Waals surface area contributed by atoms with Crippen LogP contribution in [0.25, 0.3) is 22.0 Å². The molecule has 1 N–H and O–H groups in total. The standard InChI is InChI=1S/C28H25F3N4O2/c1-37-21-9-5-8-19(16-21)27(36)35-14-12-20(13-15-35)33-26-22-10-11-24(28(29,30)31)34-25(22)23(17-32-26)18-6-3-2-4-7-18/h2-11,16-17,20H,12-15H2,1H3,(H,32,33). The largest absolute Gasteiger partial charge is 0.497 e. The lowest BCUT2D eigenvalue weighted by Crippen LogP contribution is -2.42. The van der Waals surface area contributed by atoms with Crippen molar-refractivity contribution in [2.45, 2.75) is 25.1 Å². The number of hydrogen-bond acceptors (Lipinski definition) is 5. The predicted molar refractivity (Wildman–Crippen MR) is 136 cm³/mol. The average Bonchev–Trinajstić information content (AvgIpc) is 2.93. The second kappa shape index (κ2) is 10.1. The Hall–Kier alpha value is -4.14.